The van der Waals surface area contributed by atoms with Crippen LogP contribution in [0, 0.1) is 6.92 Å². The number of nitrogens with one attached hydrogen (secondary N) is 1. The second-order valence-corrected chi connectivity index (χ2v) is 9.38. The number of thioether (sulfide) groups is 1. The average Bonchev–Trinajstić information content (AvgIpc) is 3.07. The van der Waals surface area contributed by atoms with Gasteiger partial charge >= 0.3 is 0 Å². The van der Waals surface area contributed by atoms with Crippen LogP contribution < -0.4 is 5.32 Å². The third-order valence-electron chi connectivity index (χ3n) is 4.35. The van der Waals surface area contributed by atoms with Gasteiger partial charge in [-0.1, -0.05) is 77.3 Å². The minimum Gasteiger partial charge on any atom is -0.323 e. The Bertz CT molecular complexity index is 1050. The Labute approximate surface area is 195 Å². The number of carbonyl (C=O) groups is 1. The maximum absolute atomic E-state index is 12.8. The van der Waals surface area contributed by atoms with E-state index < -0.39 is 5.25 Å². The number of hydrogen-bond donors (Lipinski definition) is 1. The number of carbonyl (C=O) groups excluding carboxylic acids is 1. The summed E-state index contributed by atoms with van der Waals surface area (Å²) in [4.78, 5) is 12.8. The van der Waals surface area contributed by atoms with Gasteiger partial charge in [0.05, 0.1) is 21.0 Å². The van der Waals surface area contributed by atoms with Gasteiger partial charge in [-0.25, -0.2) is 0 Å². The molecule has 2 aromatic carbocycles. The zero-order valence-corrected chi connectivity index (χ0v) is 19.8. The van der Waals surface area contributed by atoms with Crippen LogP contribution >= 0.6 is 46.6 Å². The van der Waals surface area contributed by atoms with Crippen molar-refractivity contribution in [3.63, 3.8) is 0 Å². The van der Waals surface area contributed by atoms with Crippen LogP contribution in [0.15, 0.2) is 41.6 Å². The number of rotatable bonds is 7. The molecule has 0 aliphatic rings. The fourth-order valence-electron chi connectivity index (χ4n) is 2.90. The highest BCUT2D eigenvalue weighted by atomic mass is 35.5. The lowest BCUT2D eigenvalue weighted by atomic mass is 10.1. The van der Waals surface area contributed by atoms with E-state index in [9.17, 15) is 4.79 Å². The molecule has 1 N–H and O–H groups in total. The molecule has 3 rings (SSSR count). The van der Waals surface area contributed by atoms with Crippen LogP contribution in [0.4, 0.5) is 5.69 Å². The third-order valence-corrected chi connectivity index (χ3v) is 6.24. The molecule has 1 atom stereocenters. The lowest BCUT2D eigenvalue weighted by Crippen LogP contribution is -2.23. The number of amides is 1. The van der Waals surface area contributed by atoms with Crippen molar-refractivity contribution in [1.29, 1.82) is 0 Å². The average molecular weight is 484 g/mol. The highest BCUT2D eigenvalue weighted by Gasteiger charge is 2.22. The van der Waals surface area contributed by atoms with Crippen LogP contribution in [0.3, 0.4) is 0 Å². The molecule has 0 bridgehead atoms. The van der Waals surface area contributed by atoms with E-state index in [4.69, 9.17) is 34.8 Å². The van der Waals surface area contributed by atoms with Crippen molar-refractivity contribution < 1.29 is 4.79 Å². The van der Waals surface area contributed by atoms with Crippen LogP contribution in [0.5, 0.6) is 0 Å². The first-order valence-electron chi connectivity index (χ1n) is 9.42. The van der Waals surface area contributed by atoms with Gasteiger partial charge in [0.25, 0.3) is 0 Å². The molecule has 5 nitrogen and oxygen atoms in total. The molecule has 1 unspecified atom stereocenters. The Morgan fingerprint density at radius 2 is 1.87 bits per heavy atom. The van der Waals surface area contributed by atoms with Gasteiger partial charge in [0, 0.05) is 17.1 Å². The summed E-state index contributed by atoms with van der Waals surface area (Å²) in [6, 6.07) is 11.2. The molecule has 0 spiro atoms. The number of nitrogens with zero attached hydrogens (tertiary/aromatic N) is 3. The molecular formula is C21H21Cl3N4OS. The van der Waals surface area contributed by atoms with E-state index in [0.717, 1.165) is 29.9 Å². The first-order valence-corrected chi connectivity index (χ1v) is 11.4. The van der Waals surface area contributed by atoms with Crippen LogP contribution in [0.2, 0.25) is 15.1 Å². The Hall–Kier alpha value is -1.73. The maximum atomic E-state index is 12.8. The Balaban J connectivity index is 1.81. The fourth-order valence-corrected chi connectivity index (χ4v) is 4.68. The number of aryl methyl sites for hydroxylation is 1. The zero-order valence-electron chi connectivity index (χ0n) is 16.7. The summed E-state index contributed by atoms with van der Waals surface area (Å²) >= 11 is 19.6. The maximum Gasteiger partial charge on any atom is 0.237 e. The standard InChI is InChI=1S/C21H21Cl3N4OS/c1-4-8-28-19(14-7-5-6-12(2)9-14)26-27-21(28)30-13(3)20(29)25-18-16(23)10-15(22)11-17(18)24/h5-7,9-11,13H,4,8H2,1-3H3,(H,25,29). The predicted molar refractivity (Wildman–Crippen MR) is 126 cm³/mol. The number of aromatic nitrogens is 3. The molecule has 0 radical (unpaired) electrons. The number of benzene rings is 2. The summed E-state index contributed by atoms with van der Waals surface area (Å²) in [6.07, 6.45) is 0.918. The molecule has 1 amide bonds. The van der Waals surface area contributed by atoms with E-state index in [2.05, 4.69) is 28.5 Å². The normalized spacial score (nSPS) is 12.1. The molecule has 9 heteroatoms. The minimum atomic E-state index is -0.446. The molecule has 0 fully saturated rings. The highest BCUT2D eigenvalue weighted by Crippen LogP contribution is 2.35. The molecular weight excluding hydrogens is 463 g/mol. The molecule has 158 valence electrons. The van der Waals surface area contributed by atoms with Crippen LogP contribution in [-0.2, 0) is 11.3 Å². The van der Waals surface area contributed by atoms with Gasteiger partial charge in [-0.3, -0.25) is 4.79 Å². The molecule has 0 aliphatic heterocycles. The van der Waals surface area contributed by atoms with Gasteiger partial charge < -0.3 is 9.88 Å². The predicted octanol–water partition coefficient (Wildman–Crippen LogP) is 6.74. The second kappa shape index (κ2) is 10.1. The molecule has 0 saturated heterocycles. The lowest BCUT2D eigenvalue weighted by Gasteiger charge is -2.15. The third kappa shape index (κ3) is 5.30. The molecule has 30 heavy (non-hydrogen) atoms. The molecule has 1 aromatic heterocycles. The minimum absolute atomic E-state index is 0.241. The van der Waals surface area contributed by atoms with Gasteiger partial charge in [-0.05, 0) is 38.5 Å². The molecule has 1 heterocycles. The summed E-state index contributed by atoms with van der Waals surface area (Å²) < 4.78 is 2.05. The first kappa shape index (κ1) is 22.9. The van der Waals surface area contributed by atoms with Crippen molar-refractivity contribution in [2.45, 2.75) is 44.1 Å². The van der Waals surface area contributed by atoms with E-state index in [1.165, 1.54) is 23.9 Å². The summed E-state index contributed by atoms with van der Waals surface area (Å²) in [7, 11) is 0. The van der Waals surface area contributed by atoms with E-state index in [-0.39, 0.29) is 16.0 Å². The number of hydrogen-bond acceptors (Lipinski definition) is 4. The monoisotopic (exact) mass is 482 g/mol. The van der Waals surface area contributed by atoms with Gasteiger partial charge in [0.15, 0.2) is 11.0 Å². The van der Waals surface area contributed by atoms with Crippen molar-refractivity contribution in [2.75, 3.05) is 5.32 Å². The van der Waals surface area contributed by atoms with E-state index in [1.54, 1.807) is 6.92 Å². The largest absolute Gasteiger partial charge is 0.323 e. The summed E-state index contributed by atoms with van der Waals surface area (Å²) in [5, 5.41) is 12.7. The number of anilines is 1. The second-order valence-electron chi connectivity index (χ2n) is 6.82. The van der Waals surface area contributed by atoms with E-state index in [0.29, 0.717) is 15.9 Å². The number of halogens is 3. The van der Waals surface area contributed by atoms with Gasteiger partial charge in [0.2, 0.25) is 5.91 Å². The van der Waals surface area contributed by atoms with Crippen LogP contribution in [0.1, 0.15) is 25.8 Å². The summed E-state index contributed by atoms with van der Waals surface area (Å²) in [5.41, 5.74) is 2.49. The smallest absolute Gasteiger partial charge is 0.237 e. The Morgan fingerprint density at radius 1 is 1.17 bits per heavy atom. The first-order chi connectivity index (χ1) is 14.3. The van der Waals surface area contributed by atoms with Crippen molar-refractivity contribution >= 4 is 58.2 Å². The SMILES string of the molecule is CCCn1c(SC(C)C(=O)Nc2c(Cl)cc(Cl)cc2Cl)nnc1-c1cccc(C)c1. The van der Waals surface area contributed by atoms with Gasteiger partial charge in [0.1, 0.15) is 0 Å². The zero-order chi connectivity index (χ0) is 21.8. The van der Waals surface area contributed by atoms with Crippen LogP contribution in [-0.4, -0.2) is 25.9 Å². The molecule has 3 aromatic rings. The quantitative estimate of drug-likeness (QED) is 0.378. The van der Waals surface area contributed by atoms with Crippen molar-refractivity contribution in [3.05, 3.63) is 57.0 Å². The summed E-state index contributed by atoms with van der Waals surface area (Å²) in [5.74, 6) is 0.550. The fraction of sp³-hybridized carbons (Fsp3) is 0.286. The van der Waals surface area contributed by atoms with Crippen LogP contribution in [0.25, 0.3) is 11.4 Å². The Kier molecular flexibility index (Phi) is 7.69. The molecule has 0 saturated carbocycles. The summed E-state index contributed by atoms with van der Waals surface area (Å²) in [6.45, 7) is 6.69. The van der Waals surface area contributed by atoms with Crippen molar-refractivity contribution in [2.24, 2.45) is 0 Å². The van der Waals surface area contributed by atoms with E-state index in [1.807, 2.05) is 29.7 Å². The lowest BCUT2D eigenvalue weighted by molar-refractivity contribution is -0.115. The topological polar surface area (TPSA) is 59.8 Å². The molecule has 0 aliphatic carbocycles. The van der Waals surface area contributed by atoms with Gasteiger partial charge in [-0.15, -0.1) is 10.2 Å². The van der Waals surface area contributed by atoms with E-state index >= 15 is 0 Å². The van der Waals surface area contributed by atoms with Gasteiger partial charge in [-0.2, -0.15) is 0 Å². The highest BCUT2D eigenvalue weighted by molar-refractivity contribution is 8.00. The Morgan fingerprint density at radius 3 is 2.50 bits per heavy atom. The van der Waals surface area contributed by atoms with Crippen molar-refractivity contribution in [1.82, 2.24) is 14.8 Å². The van der Waals surface area contributed by atoms with Crippen molar-refractivity contribution in [3.8, 4) is 11.4 Å².